The first kappa shape index (κ1) is 16.3. The van der Waals surface area contributed by atoms with E-state index in [0.717, 1.165) is 6.26 Å². The van der Waals surface area contributed by atoms with Crippen LogP contribution in [-0.4, -0.2) is 51.8 Å². The molecule has 0 aliphatic carbocycles. The van der Waals surface area contributed by atoms with Crippen LogP contribution in [0, 0.1) is 0 Å². The Labute approximate surface area is 102 Å². The molecule has 2 N–H and O–H groups in total. The number of ether oxygens (including phenoxy) is 2. The predicted molar refractivity (Wildman–Crippen MR) is 64.4 cm³/mol. The van der Waals surface area contributed by atoms with Gasteiger partial charge in [0.15, 0.2) is 0 Å². The van der Waals surface area contributed by atoms with E-state index in [9.17, 15) is 13.2 Å². The van der Waals surface area contributed by atoms with Gasteiger partial charge in [-0.05, 0) is 20.3 Å². The maximum atomic E-state index is 11.3. The van der Waals surface area contributed by atoms with Crippen molar-refractivity contribution in [2.75, 3.05) is 25.2 Å². The fourth-order valence-corrected chi connectivity index (χ4v) is 1.67. The van der Waals surface area contributed by atoms with Gasteiger partial charge in [0, 0.05) is 6.26 Å². The molecule has 0 heterocycles. The van der Waals surface area contributed by atoms with E-state index in [4.69, 9.17) is 15.2 Å². The topological polar surface area (TPSA) is 95.7 Å². The molecule has 0 amide bonds. The lowest BCUT2D eigenvalue weighted by molar-refractivity contribution is -0.147. The first-order valence-corrected chi connectivity index (χ1v) is 7.50. The minimum Gasteiger partial charge on any atom is -0.462 e. The summed E-state index contributed by atoms with van der Waals surface area (Å²) in [6, 6.07) is -0.899. The van der Waals surface area contributed by atoms with Crippen molar-refractivity contribution in [1.29, 1.82) is 0 Å². The molecular formula is C10H21NO5S. The minimum atomic E-state index is -3.10. The number of hydrogen-bond donors (Lipinski definition) is 1. The second-order valence-electron chi connectivity index (χ2n) is 4.11. The summed E-state index contributed by atoms with van der Waals surface area (Å²) in [5.41, 5.74) is 5.49. The van der Waals surface area contributed by atoms with E-state index in [2.05, 4.69) is 0 Å². The van der Waals surface area contributed by atoms with Crippen LogP contribution in [0.3, 0.4) is 0 Å². The average molecular weight is 267 g/mol. The van der Waals surface area contributed by atoms with Crippen LogP contribution in [-0.2, 0) is 24.1 Å². The number of nitrogens with two attached hydrogens (primary N) is 1. The maximum absolute atomic E-state index is 11.3. The van der Waals surface area contributed by atoms with Gasteiger partial charge >= 0.3 is 5.97 Å². The van der Waals surface area contributed by atoms with Gasteiger partial charge in [-0.3, -0.25) is 4.79 Å². The van der Waals surface area contributed by atoms with Crippen LogP contribution in [0.25, 0.3) is 0 Å². The molecule has 0 fully saturated rings. The van der Waals surface area contributed by atoms with Gasteiger partial charge < -0.3 is 15.2 Å². The van der Waals surface area contributed by atoms with Crippen molar-refractivity contribution < 1.29 is 22.7 Å². The second kappa shape index (κ2) is 7.62. The van der Waals surface area contributed by atoms with Crippen molar-refractivity contribution in [3.05, 3.63) is 0 Å². The molecule has 0 rings (SSSR count). The zero-order chi connectivity index (χ0) is 13.5. The summed E-state index contributed by atoms with van der Waals surface area (Å²) in [4.78, 5) is 11.3. The zero-order valence-electron chi connectivity index (χ0n) is 10.5. The highest BCUT2D eigenvalue weighted by Crippen LogP contribution is 1.97. The van der Waals surface area contributed by atoms with E-state index in [0.29, 0.717) is 6.61 Å². The van der Waals surface area contributed by atoms with Crippen molar-refractivity contribution in [3.63, 3.8) is 0 Å². The Morgan fingerprint density at radius 2 is 1.88 bits per heavy atom. The standard InChI is InChI=1S/C10H21NO5S/c1-8(2)15-5-6-16-10(12)9(11)4-7-17(3,13)14/h8-9H,4-7,11H2,1-3H3. The van der Waals surface area contributed by atoms with Gasteiger partial charge in [0.2, 0.25) is 0 Å². The van der Waals surface area contributed by atoms with Crippen molar-refractivity contribution in [2.45, 2.75) is 32.4 Å². The first-order chi connectivity index (χ1) is 7.72. The minimum absolute atomic E-state index is 0.0721. The molecule has 0 saturated heterocycles. The number of esters is 1. The summed E-state index contributed by atoms with van der Waals surface area (Å²) in [6.45, 7) is 4.19. The maximum Gasteiger partial charge on any atom is 0.323 e. The van der Waals surface area contributed by atoms with E-state index >= 15 is 0 Å². The molecule has 6 nitrogen and oxygen atoms in total. The van der Waals surface area contributed by atoms with Crippen LogP contribution >= 0.6 is 0 Å². The summed E-state index contributed by atoms with van der Waals surface area (Å²) in [7, 11) is -3.10. The van der Waals surface area contributed by atoms with Gasteiger partial charge in [0.05, 0.1) is 18.5 Å². The largest absolute Gasteiger partial charge is 0.462 e. The van der Waals surface area contributed by atoms with Gasteiger partial charge in [0.1, 0.15) is 22.5 Å². The van der Waals surface area contributed by atoms with Gasteiger partial charge in [0.25, 0.3) is 0 Å². The lowest BCUT2D eigenvalue weighted by Gasteiger charge is -2.12. The number of hydrogen-bond acceptors (Lipinski definition) is 6. The van der Waals surface area contributed by atoms with E-state index in [1.807, 2.05) is 13.8 Å². The van der Waals surface area contributed by atoms with E-state index < -0.39 is 21.8 Å². The third kappa shape index (κ3) is 10.2. The zero-order valence-corrected chi connectivity index (χ0v) is 11.3. The first-order valence-electron chi connectivity index (χ1n) is 5.44. The Bertz CT molecular complexity index is 326. The molecule has 0 aliphatic rings. The van der Waals surface area contributed by atoms with Crippen LogP contribution in [0.4, 0.5) is 0 Å². The highest BCUT2D eigenvalue weighted by Gasteiger charge is 2.17. The van der Waals surface area contributed by atoms with Crippen molar-refractivity contribution >= 4 is 15.8 Å². The smallest absolute Gasteiger partial charge is 0.323 e. The lowest BCUT2D eigenvalue weighted by atomic mass is 10.2. The molecule has 0 aromatic rings. The third-order valence-corrected chi connectivity index (χ3v) is 2.86. The highest BCUT2D eigenvalue weighted by atomic mass is 32.2. The number of carbonyl (C=O) groups is 1. The molecule has 1 unspecified atom stereocenters. The molecule has 1 atom stereocenters. The molecule has 0 aliphatic heterocycles. The van der Waals surface area contributed by atoms with Crippen LogP contribution in [0.2, 0.25) is 0 Å². The molecule has 0 radical (unpaired) electrons. The SMILES string of the molecule is CC(C)OCCOC(=O)C(N)CCS(C)(=O)=O. The van der Waals surface area contributed by atoms with Gasteiger partial charge in [-0.25, -0.2) is 8.42 Å². The Morgan fingerprint density at radius 1 is 1.29 bits per heavy atom. The predicted octanol–water partition coefficient (Wildman–Crippen LogP) is -0.283. The number of sulfone groups is 1. The van der Waals surface area contributed by atoms with E-state index in [-0.39, 0.29) is 24.9 Å². The van der Waals surface area contributed by atoms with Gasteiger partial charge in [-0.15, -0.1) is 0 Å². The van der Waals surface area contributed by atoms with Crippen molar-refractivity contribution in [2.24, 2.45) is 5.73 Å². The quantitative estimate of drug-likeness (QED) is 0.480. The fraction of sp³-hybridized carbons (Fsp3) is 0.900. The molecule has 0 aromatic heterocycles. The third-order valence-electron chi connectivity index (χ3n) is 1.88. The molecule has 0 aromatic carbocycles. The molecular weight excluding hydrogens is 246 g/mol. The van der Waals surface area contributed by atoms with Crippen LogP contribution in [0.1, 0.15) is 20.3 Å². The molecule has 0 spiro atoms. The Balaban J connectivity index is 3.75. The summed E-state index contributed by atoms with van der Waals surface area (Å²) in [6.07, 6.45) is 1.25. The molecule has 17 heavy (non-hydrogen) atoms. The fourth-order valence-electron chi connectivity index (χ4n) is 0.992. The Kier molecular flexibility index (Phi) is 7.33. The van der Waals surface area contributed by atoms with Crippen LogP contribution in [0.15, 0.2) is 0 Å². The van der Waals surface area contributed by atoms with Gasteiger partial charge in [-0.2, -0.15) is 0 Å². The van der Waals surface area contributed by atoms with E-state index in [1.54, 1.807) is 0 Å². The number of rotatable bonds is 8. The Morgan fingerprint density at radius 3 is 2.35 bits per heavy atom. The van der Waals surface area contributed by atoms with Gasteiger partial charge in [-0.1, -0.05) is 0 Å². The van der Waals surface area contributed by atoms with Crippen molar-refractivity contribution in [3.8, 4) is 0 Å². The summed E-state index contributed by atoms with van der Waals surface area (Å²) < 4.78 is 31.7. The Hall–Kier alpha value is -0.660. The lowest BCUT2D eigenvalue weighted by Crippen LogP contribution is -2.34. The average Bonchev–Trinajstić information content (AvgIpc) is 2.19. The molecule has 7 heteroatoms. The van der Waals surface area contributed by atoms with Crippen LogP contribution < -0.4 is 5.73 Å². The second-order valence-corrected chi connectivity index (χ2v) is 6.37. The molecule has 102 valence electrons. The van der Waals surface area contributed by atoms with E-state index in [1.165, 1.54) is 0 Å². The van der Waals surface area contributed by atoms with Crippen molar-refractivity contribution in [1.82, 2.24) is 0 Å². The number of carbonyl (C=O) groups excluding carboxylic acids is 1. The molecule has 0 bridgehead atoms. The normalized spacial score (nSPS) is 13.7. The molecule has 0 saturated carbocycles. The summed E-state index contributed by atoms with van der Waals surface area (Å²) in [5, 5.41) is 0. The van der Waals surface area contributed by atoms with Crippen LogP contribution in [0.5, 0.6) is 0 Å². The monoisotopic (exact) mass is 267 g/mol. The summed E-state index contributed by atoms with van der Waals surface area (Å²) >= 11 is 0. The highest BCUT2D eigenvalue weighted by molar-refractivity contribution is 7.90. The summed E-state index contributed by atoms with van der Waals surface area (Å²) in [5.74, 6) is -0.716.